The van der Waals surface area contributed by atoms with E-state index in [0.717, 1.165) is 4.88 Å². The van der Waals surface area contributed by atoms with Crippen LogP contribution in [-0.2, 0) is 9.53 Å². The fraction of sp³-hybridized carbons (Fsp3) is 0.500. The largest absolute Gasteiger partial charge is 0.480 e. The molecule has 1 aliphatic rings. The Kier molecular flexibility index (Phi) is 4.52. The van der Waals surface area contributed by atoms with Crippen molar-refractivity contribution < 1.29 is 14.6 Å². The third-order valence-corrected chi connectivity index (χ3v) is 4.05. The Morgan fingerprint density at radius 3 is 3.05 bits per heavy atom. The molecule has 19 heavy (non-hydrogen) atoms. The molecule has 6 nitrogen and oxygen atoms in total. The minimum Gasteiger partial charge on any atom is -0.480 e. The number of hydrogen-bond donors (Lipinski definition) is 3. The number of aliphatic imine (C=N–C) groups is 1. The van der Waals surface area contributed by atoms with Gasteiger partial charge in [0.05, 0.1) is 25.1 Å². The number of nitrogens with zero attached hydrogens (tertiary/aromatic N) is 1. The predicted octanol–water partition coefficient (Wildman–Crippen LogP) is 0.390. The van der Waals surface area contributed by atoms with E-state index in [9.17, 15) is 9.90 Å². The molecule has 0 bridgehead atoms. The Morgan fingerprint density at radius 1 is 1.63 bits per heavy atom. The fourth-order valence-corrected chi connectivity index (χ4v) is 3.05. The zero-order chi connectivity index (χ0) is 13.8. The summed E-state index contributed by atoms with van der Waals surface area (Å²) in [5.74, 6) is -0.979. The van der Waals surface area contributed by atoms with Gasteiger partial charge in [-0.1, -0.05) is 6.07 Å². The van der Waals surface area contributed by atoms with Gasteiger partial charge < -0.3 is 21.3 Å². The Morgan fingerprint density at radius 2 is 2.42 bits per heavy atom. The predicted molar refractivity (Wildman–Crippen MR) is 73.5 cm³/mol. The summed E-state index contributed by atoms with van der Waals surface area (Å²) in [5, 5.41) is 11.1. The van der Waals surface area contributed by atoms with Crippen LogP contribution in [0.5, 0.6) is 0 Å². The Balaban J connectivity index is 2.31. The van der Waals surface area contributed by atoms with Gasteiger partial charge >= 0.3 is 5.97 Å². The van der Waals surface area contributed by atoms with E-state index in [0.29, 0.717) is 25.5 Å². The van der Waals surface area contributed by atoms with Gasteiger partial charge in [0.1, 0.15) is 6.04 Å². The van der Waals surface area contributed by atoms with Gasteiger partial charge in [-0.2, -0.15) is 0 Å². The van der Waals surface area contributed by atoms with Gasteiger partial charge in [0, 0.05) is 17.2 Å². The molecule has 5 N–H and O–H groups in total. The summed E-state index contributed by atoms with van der Waals surface area (Å²) in [4.78, 5) is 16.5. The van der Waals surface area contributed by atoms with E-state index in [2.05, 4.69) is 4.99 Å². The number of nitrogens with two attached hydrogens (primary N) is 2. The second-order valence-electron chi connectivity index (χ2n) is 4.42. The Bertz CT molecular complexity index is 461. The maximum atomic E-state index is 11.2. The van der Waals surface area contributed by atoms with E-state index >= 15 is 0 Å². The molecule has 3 atom stereocenters. The van der Waals surface area contributed by atoms with Gasteiger partial charge in [-0.25, -0.2) is 0 Å². The topological polar surface area (TPSA) is 111 Å². The average molecular weight is 283 g/mol. The lowest BCUT2D eigenvalue weighted by Gasteiger charge is -2.25. The molecule has 0 aromatic carbocycles. The highest BCUT2D eigenvalue weighted by atomic mass is 32.1. The van der Waals surface area contributed by atoms with Crippen molar-refractivity contribution in [3.8, 4) is 0 Å². The smallest absolute Gasteiger partial charge is 0.321 e. The molecular weight excluding hydrogens is 266 g/mol. The number of rotatable bonds is 4. The third-order valence-electron chi connectivity index (χ3n) is 3.08. The van der Waals surface area contributed by atoms with Crippen LogP contribution < -0.4 is 11.5 Å². The van der Waals surface area contributed by atoms with Crippen LogP contribution in [0.15, 0.2) is 22.5 Å². The highest BCUT2D eigenvalue weighted by molar-refractivity contribution is 7.10. The van der Waals surface area contributed by atoms with Crippen molar-refractivity contribution >= 4 is 23.1 Å². The number of carboxylic acids is 1. The molecule has 3 unspecified atom stereocenters. The van der Waals surface area contributed by atoms with Gasteiger partial charge in [0.15, 0.2) is 0 Å². The van der Waals surface area contributed by atoms with Crippen LogP contribution in [0.1, 0.15) is 17.2 Å². The van der Waals surface area contributed by atoms with E-state index < -0.39 is 17.9 Å². The lowest BCUT2D eigenvalue weighted by atomic mass is 9.91. The first-order chi connectivity index (χ1) is 9.09. The maximum absolute atomic E-state index is 11.2. The van der Waals surface area contributed by atoms with E-state index in [4.69, 9.17) is 16.2 Å². The molecule has 1 aliphatic heterocycles. The zero-order valence-electron chi connectivity index (χ0n) is 10.4. The molecule has 2 rings (SSSR count). The number of thiophene rings is 1. The minimum absolute atomic E-state index is 0.338. The number of carboxylic acid groups (broad SMARTS) is 1. The van der Waals surface area contributed by atoms with Crippen molar-refractivity contribution in [3.63, 3.8) is 0 Å². The standard InChI is InChI=1S/C12H17N3O3S/c13-9-3-4-18-6-7(15-9)10(11(14)12(16)17)8-2-1-5-19-8/h1-2,5,7,10-11H,3-4,6,14H2,(H2,13,15)(H,16,17). The highest BCUT2D eigenvalue weighted by Crippen LogP contribution is 2.30. The molecular formula is C12H17N3O3S. The van der Waals surface area contributed by atoms with Crippen molar-refractivity contribution in [1.82, 2.24) is 0 Å². The molecule has 0 spiro atoms. The molecule has 0 saturated heterocycles. The van der Waals surface area contributed by atoms with Crippen LogP contribution in [0, 0.1) is 0 Å². The first-order valence-electron chi connectivity index (χ1n) is 6.01. The van der Waals surface area contributed by atoms with Crippen LogP contribution >= 0.6 is 11.3 Å². The molecule has 1 aromatic rings. The number of ether oxygens (including phenoxy) is 1. The lowest BCUT2D eigenvalue weighted by Crippen LogP contribution is -2.42. The van der Waals surface area contributed by atoms with Gasteiger partial charge in [0.25, 0.3) is 0 Å². The lowest BCUT2D eigenvalue weighted by molar-refractivity contribution is -0.139. The third kappa shape index (κ3) is 3.31. The van der Waals surface area contributed by atoms with Crippen LogP contribution in [0.2, 0.25) is 0 Å². The molecule has 1 aromatic heterocycles. The van der Waals surface area contributed by atoms with E-state index in [1.54, 1.807) is 0 Å². The summed E-state index contributed by atoms with van der Waals surface area (Å²) in [6, 6.07) is 2.36. The van der Waals surface area contributed by atoms with Crippen molar-refractivity contribution in [2.45, 2.75) is 24.4 Å². The van der Waals surface area contributed by atoms with Crippen molar-refractivity contribution in [2.75, 3.05) is 13.2 Å². The number of aliphatic carboxylic acids is 1. The summed E-state index contributed by atoms with van der Waals surface area (Å²) < 4.78 is 5.45. The molecule has 0 aliphatic carbocycles. The molecule has 0 amide bonds. The molecule has 2 heterocycles. The summed E-state index contributed by atoms with van der Waals surface area (Å²) in [6.07, 6.45) is 0.565. The normalized spacial score (nSPS) is 23.2. The maximum Gasteiger partial charge on any atom is 0.321 e. The zero-order valence-corrected chi connectivity index (χ0v) is 11.2. The second-order valence-corrected chi connectivity index (χ2v) is 5.40. The summed E-state index contributed by atoms with van der Waals surface area (Å²) >= 11 is 1.47. The quantitative estimate of drug-likeness (QED) is 0.740. The summed E-state index contributed by atoms with van der Waals surface area (Å²) in [5.41, 5.74) is 11.6. The Labute approximate surface area is 115 Å². The van der Waals surface area contributed by atoms with Crippen molar-refractivity contribution in [3.05, 3.63) is 22.4 Å². The highest BCUT2D eigenvalue weighted by Gasteiger charge is 2.34. The van der Waals surface area contributed by atoms with Crippen molar-refractivity contribution in [1.29, 1.82) is 0 Å². The molecule has 0 fully saturated rings. The van der Waals surface area contributed by atoms with Crippen LogP contribution in [0.4, 0.5) is 0 Å². The summed E-state index contributed by atoms with van der Waals surface area (Å²) in [7, 11) is 0. The van der Waals surface area contributed by atoms with Crippen LogP contribution in [0.25, 0.3) is 0 Å². The molecule has 0 saturated carbocycles. The van der Waals surface area contributed by atoms with E-state index in [1.807, 2.05) is 17.5 Å². The van der Waals surface area contributed by atoms with Gasteiger partial charge in [-0.15, -0.1) is 11.3 Å². The monoisotopic (exact) mass is 283 g/mol. The van der Waals surface area contributed by atoms with Gasteiger partial charge in [-0.3, -0.25) is 9.79 Å². The number of carbonyl (C=O) groups is 1. The number of hydrogen-bond acceptors (Lipinski definition) is 6. The molecule has 7 heteroatoms. The van der Waals surface area contributed by atoms with Gasteiger partial charge in [0.2, 0.25) is 0 Å². The van der Waals surface area contributed by atoms with E-state index in [-0.39, 0.29) is 6.04 Å². The fourth-order valence-electron chi connectivity index (χ4n) is 2.12. The average Bonchev–Trinajstić information content (AvgIpc) is 2.79. The molecule has 0 radical (unpaired) electrons. The second kappa shape index (κ2) is 6.14. The molecule has 104 valence electrons. The van der Waals surface area contributed by atoms with Gasteiger partial charge in [-0.05, 0) is 11.4 Å². The minimum atomic E-state index is -1.04. The summed E-state index contributed by atoms with van der Waals surface area (Å²) in [6.45, 7) is 0.843. The SMILES string of the molecule is NC1=NC(C(c2cccs2)C(N)C(=O)O)COCC1. The number of amidine groups is 1. The van der Waals surface area contributed by atoms with Crippen molar-refractivity contribution in [2.24, 2.45) is 16.5 Å². The first-order valence-corrected chi connectivity index (χ1v) is 6.89. The Hall–Kier alpha value is -1.44. The van der Waals surface area contributed by atoms with E-state index in [1.165, 1.54) is 11.3 Å². The van der Waals surface area contributed by atoms with Crippen LogP contribution in [0.3, 0.4) is 0 Å². The van der Waals surface area contributed by atoms with Crippen LogP contribution in [-0.4, -0.2) is 42.2 Å². The first kappa shape index (κ1) is 14.0.